The van der Waals surface area contributed by atoms with Gasteiger partial charge in [0.05, 0.1) is 19.3 Å². The van der Waals surface area contributed by atoms with Crippen molar-refractivity contribution >= 4 is 6.09 Å². The van der Waals surface area contributed by atoms with Crippen LogP contribution in [0.25, 0.3) is 0 Å². The van der Waals surface area contributed by atoms with E-state index in [0.29, 0.717) is 26.2 Å². The van der Waals surface area contributed by atoms with Gasteiger partial charge in [0.25, 0.3) is 0 Å². The van der Waals surface area contributed by atoms with E-state index in [4.69, 9.17) is 20.7 Å². The van der Waals surface area contributed by atoms with Gasteiger partial charge in [-0.1, -0.05) is 20.8 Å². The average molecular weight is 248 g/mol. The minimum absolute atomic E-state index is 0.0972. The van der Waals surface area contributed by atoms with Gasteiger partial charge in [0.15, 0.2) is 0 Å². The summed E-state index contributed by atoms with van der Waals surface area (Å²) in [6.07, 6.45) is -1.02. The van der Waals surface area contributed by atoms with Crippen molar-refractivity contribution in [1.29, 1.82) is 0 Å². The molecular formula is C11H24N2O4. The van der Waals surface area contributed by atoms with Crippen molar-refractivity contribution in [2.24, 2.45) is 11.1 Å². The number of morpholine rings is 1. The fourth-order valence-electron chi connectivity index (χ4n) is 1.04. The highest BCUT2D eigenvalue weighted by Crippen LogP contribution is 2.09. The molecule has 1 rings (SSSR count). The maximum Gasteiger partial charge on any atom is 0.407 e. The van der Waals surface area contributed by atoms with Crippen LogP contribution in [0.3, 0.4) is 0 Å². The van der Waals surface area contributed by atoms with E-state index in [2.05, 4.69) is 0 Å². The first-order valence-electron chi connectivity index (χ1n) is 5.70. The van der Waals surface area contributed by atoms with Crippen molar-refractivity contribution in [2.75, 3.05) is 32.8 Å². The minimum atomic E-state index is -0.897. The van der Waals surface area contributed by atoms with Crippen LogP contribution in [0.2, 0.25) is 0 Å². The molecule has 6 nitrogen and oxygen atoms in total. The monoisotopic (exact) mass is 248 g/mol. The van der Waals surface area contributed by atoms with Crippen LogP contribution < -0.4 is 5.73 Å². The molecule has 4 N–H and O–H groups in total. The maximum atomic E-state index is 10.4. The van der Waals surface area contributed by atoms with Crippen LogP contribution in [-0.2, 0) is 4.74 Å². The smallest absolute Gasteiger partial charge is 0.407 e. The molecule has 0 bridgehead atoms. The Morgan fingerprint density at radius 2 is 2.06 bits per heavy atom. The zero-order valence-corrected chi connectivity index (χ0v) is 10.8. The third-order valence-electron chi connectivity index (χ3n) is 2.15. The molecule has 102 valence electrons. The van der Waals surface area contributed by atoms with E-state index in [-0.39, 0.29) is 18.1 Å². The van der Waals surface area contributed by atoms with Gasteiger partial charge in [-0.15, -0.1) is 0 Å². The molecule has 0 spiro atoms. The summed E-state index contributed by atoms with van der Waals surface area (Å²) in [5, 5.41) is 17.0. The van der Waals surface area contributed by atoms with Gasteiger partial charge in [-0.05, 0) is 5.41 Å². The third kappa shape index (κ3) is 7.95. The standard InChI is InChI=1S/C6H12N2O3.C5H12O/c7-3-5-4-8(6(9)10)1-2-11-5;1-5(2,3)4-6/h5H,1-4,7H2,(H,9,10);6H,4H2,1-3H3/t5-;/m1./s1. The molecule has 17 heavy (non-hydrogen) atoms. The van der Waals surface area contributed by atoms with Crippen LogP contribution in [0.1, 0.15) is 20.8 Å². The van der Waals surface area contributed by atoms with Crippen LogP contribution >= 0.6 is 0 Å². The van der Waals surface area contributed by atoms with Gasteiger partial charge in [-0.2, -0.15) is 0 Å². The van der Waals surface area contributed by atoms with Crippen molar-refractivity contribution in [3.05, 3.63) is 0 Å². The van der Waals surface area contributed by atoms with Crippen LogP contribution in [-0.4, -0.2) is 60.2 Å². The number of ether oxygens (including phenoxy) is 1. The number of rotatable bonds is 1. The van der Waals surface area contributed by atoms with Crippen LogP contribution in [0.5, 0.6) is 0 Å². The van der Waals surface area contributed by atoms with E-state index in [0.717, 1.165) is 0 Å². The number of hydrogen-bond acceptors (Lipinski definition) is 4. The molecule has 0 aromatic rings. The van der Waals surface area contributed by atoms with Gasteiger partial charge in [-0.3, -0.25) is 0 Å². The number of nitrogens with two attached hydrogens (primary N) is 1. The lowest BCUT2D eigenvalue weighted by molar-refractivity contribution is -0.0167. The molecule has 0 aromatic carbocycles. The van der Waals surface area contributed by atoms with E-state index in [1.54, 1.807) is 0 Å². The predicted molar refractivity (Wildman–Crippen MR) is 64.9 cm³/mol. The third-order valence-corrected chi connectivity index (χ3v) is 2.15. The Labute approximate surface area is 102 Å². The summed E-state index contributed by atoms with van der Waals surface area (Å²) >= 11 is 0. The molecule has 0 aromatic heterocycles. The molecule has 1 aliphatic rings. The predicted octanol–water partition coefficient (Wildman–Crippen LogP) is 0.349. The van der Waals surface area contributed by atoms with E-state index >= 15 is 0 Å². The Morgan fingerprint density at radius 3 is 2.41 bits per heavy atom. The number of aliphatic hydroxyl groups is 1. The molecule has 0 aliphatic carbocycles. The number of carbonyl (C=O) groups is 1. The fraction of sp³-hybridized carbons (Fsp3) is 0.909. The first-order chi connectivity index (χ1) is 7.80. The second-order valence-electron chi connectivity index (χ2n) is 5.18. The Morgan fingerprint density at radius 1 is 1.53 bits per heavy atom. The molecule has 1 heterocycles. The highest BCUT2D eigenvalue weighted by Gasteiger charge is 2.22. The summed E-state index contributed by atoms with van der Waals surface area (Å²) in [6, 6.07) is 0. The lowest BCUT2D eigenvalue weighted by Crippen LogP contribution is -2.47. The molecule has 1 aliphatic heterocycles. The summed E-state index contributed by atoms with van der Waals surface area (Å²) in [6.45, 7) is 7.93. The van der Waals surface area contributed by atoms with Gasteiger partial charge in [0, 0.05) is 19.7 Å². The largest absolute Gasteiger partial charge is 0.465 e. The molecule has 1 fully saturated rings. The second kappa shape index (κ2) is 7.47. The van der Waals surface area contributed by atoms with Crippen molar-refractivity contribution in [1.82, 2.24) is 4.90 Å². The lowest BCUT2D eigenvalue weighted by atomic mass is 9.99. The van der Waals surface area contributed by atoms with Gasteiger partial charge in [0.1, 0.15) is 0 Å². The normalized spacial score (nSPS) is 20.5. The summed E-state index contributed by atoms with van der Waals surface area (Å²) in [4.78, 5) is 11.8. The van der Waals surface area contributed by atoms with E-state index in [1.165, 1.54) is 4.90 Å². The Hall–Kier alpha value is -0.850. The summed E-state index contributed by atoms with van der Waals surface area (Å²) < 4.78 is 5.18. The molecule has 0 saturated carbocycles. The van der Waals surface area contributed by atoms with Gasteiger partial charge < -0.3 is 25.6 Å². The molecule has 0 radical (unpaired) electrons. The molecule has 1 saturated heterocycles. The Balaban J connectivity index is 0.000000366. The molecule has 6 heteroatoms. The highest BCUT2D eigenvalue weighted by molar-refractivity contribution is 5.65. The Kier molecular flexibility index (Phi) is 7.10. The fourth-order valence-corrected chi connectivity index (χ4v) is 1.04. The van der Waals surface area contributed by atoms with Crippen molar-refractivity contribution in [3.8, 4) is 0 Å². The summed E-state index contributed by atoms with van der Waals surface area (Å²) in [7, 11) is 0. The first-order valence-corrected chi connectivity index (χ1v) is 5.70. The van der Waals surface area contributed by atoms with Crippen LogP contribution in [0.4, 0.5) is 4.79 Å². The second-order valence-corrected chi connectivity index (χ2v) is 5.18. The van der Waals surface area contributed by atoms with E-state index in [9.17, 15) is 4.79 Å². The topological polar surface area (TPSA) is 96.0 Å². The zero-order valence-electron chi connectivity index (χ0n) is 10.8. The van der Waals surface area contributed by atoms with Crippen LogP contribution in [0.15, 0.2) is 0 Å². The van der Waals surface area contributed by atoms with E-state index < -0.39 is 6.09 Å². The summed E-state index contributed by atoms with van der Waals surface area (Å²) in [5.41, 5.74) is 5.42. The SMILES string of the molecule is CC(C)(C)CO.NC[C@@H]1CN(C(=O)O)CCO1. The number of nitrogens with zero attached hydrogens (tertiary/aromatic N) is 1. The van der Waals surface area contributed by atoms with E-state index in [1.807, 2.05) is 20.8 Å². The summed E-state index contributed by atoms with van der Waals surface area (Å²) in [5.74, 6) is 0. The number of carboxylic acid groups (broad SMARTS) is 1. The van der Waals surface area contributed by atoms with Crippen molar-refractivity contribution < 1.29 is 19.7 Å². The van der Waals surface area contributed by atoms with Crippen molar-refractivity contribution in [2.45, 2.75) is 26.9 Å². The first kappa shape index (κ1) is 16.1. The average Bonchev–Trinajstić information content (AvgIpc) is 2.29. The van der Waals surface area contributed by atoms with Crippen molar-refractivity contribution in [3.63, 3.8) is 0 Å². The highest BCUT2D eigenvalue weighted by atomic mass is 16.5. The molecule has 1 atom stereocenters. The van der Waals surface area contributed by atoms with Gasteiger partial charge >= 0.3 is 6.09 Å². The molecule has 1 amide bonds. The minimum Gasteiger partial charge on any atom is -0.465 e. The van der Waals surface area contributed by atoms with Crippen LogP contribution in [0, 0.1) is 5.41 Å². The number of aliphatic hydroxyl groups excluding tert-OH is 1. The quantitative estimate of drug-likeness (QED) is 0.622. The maximum absolute atomic E-state index is 10.4. The number of hydrogen-bond donors (Lipinski definition) is 3. The van der Waals surface area contributed by atoms with Gasteiger partial charge in [0.2, 0.25) is 0 Å². The number of amides is 1. The zero-order chi connectivity index (χ0) is 13.5. The molecular weight excluding hydrogens is 224 g/mol. The lowest BCUT2D eigenvalue weighted by Gasteiger charge is -2.30. The Bertz CT molecular complexity index is 228. The van der Waals surface area contributed by atoms with Gasteiger partial charge in [-0.25, -0.2) is 4.79 Å². The molecule has 0 unspecified atom stereocenters.